The molecule has 3 heterocycles. The van der Waals surface area contributed by atoms with Gasteiger partial charge < -0.3 is 4.90 Å². The number of carbonyl (C=O) groups is 1. The second-order valence-corrected chi connectivity index (χ2v) is 10.3. The van der Waals surface area contributed by atoms with Crippen molar-refractivity contribution in [2.24, 2.45) is 4.99 Å². The number of aliphatic imine (C=N–C) groups is 1. The van der Waals surface area contributed by atoms with Gasteiger partial charge in [-0.25, -0.2) is 8.42 Å². The molecule has 0 saturated carbocycles. The summed E-state index contributed by atoms with van der Waals surface area (Å²) in [5.41, 5.74) is 1.51. The molecule has 0 aromatic heterocycles. The fourth-order valence-electron chi connectivity index (χ4n) is 4.54. The SMILES string of the molecule is CCS(=O)(=O)N1CC2=C(C1)C(C(=O)N1CCC(c3ccccc3C(F)(F)F)CC1)=NC2. The smallest absolute Gasteiger partial charge is 0.337 e. The van der Waals surface area contributed by atoms with Crippen molar-refractivity contribution in [3.05, 3.63) is 46.5 Å². The van der Waals surface area contributed by atoms with Gasteiger partial charge in [0.25, 0.3) is 5.91 Å². The Morgan fingerprint density at radius 3 is 2.48 bits per heavy atom. The van der Waals surface area contributed by atoms with E-state index in [2.05, 4.69) is 4.99 Å². The minimum absolute atomic E-state index is 0.000889. The molecular formula is C21H24F3N3O3S. The van der Waals surface area contributed by atoms with E-state index in [9.17, 15) is 26.4 Å². The van der Waals surface area contributed by atoms with Crippen molar-refractivity contribution < 1.29 is 26.4 Å². The van der Waals surface area contributed by atoms with Gasteiger partial charge in [-0.2, -0.15) is 17.5 Å². The minimum atomic E-state index is -4.40. The van der Waals surface area contributed by atoms with Gasteiger partial charge in [0, 0.05) is 31.8 Å². The fraction of sp³-hybridized carbons (Fsp3) is 0.524. The quantitative estimate of drug-likeness (QED) is 0.701. The molecule has 1 saturated heterocycles. The largest absolute Gasteiger partial charge is 0.416 e. The van der Waals surface area contributed by atoms with Crippen molar-refractivity contribution in [1.82, 2.24) is 9.21 Å². The number of halogens is 3. The Morgan fingerprint density at radius 2 is 1.84 bits per heavy atom. The van der Waals surface area contributed by atoms with Crippen LogP contribution in [0.1, 0.15) is 36.8 Å². The first-order valence-corrected chi connectivity index (χ1v) is 11.9. The summed E-state index contributed by atoms with van der Waals surface area (Å²) in [6.45, 7) is 3.01. The first kappa shape index (κ1) is 22.0. The molecule has 1 aromatic rings. The van der Waals surface area contributed by atoms with Gasteiger partial charge in [0.15, 0.2) is 0 Å². The van der Waals surface area contributed by atoms with E-state index in [0.29, 0.717) is 43.8 Å². The topological polar surface area (TPSA) is 70.1 Å². The molecule has 3 aliphatic heterocycles. The lowest BCUT2D eigenvalue weighted by atomic mass is 9.86. The predicted octanol–water partition coefficient (Wildman–Crippen LogP) is 2.83. The van der Waals surface area contributed by atoms with Crippen LogP contribution in [0, 0.1) is 0 Å². The van der Waals surface area contributed by atoms with Crippen LogP contribution in [0.15, 0.2) is 40.4 Å². The molecule has 0 radical (unpaired) electrons. The molecule has 0 spiro atoms. The molecule has 31 heavy (non-hydrogen) atoms. The number of sulfonamides is 1. The number of likely N-dealkylation sites (tertiary alicyclic amines) is 1. The summed E-state index contributed by atoms with van der Waals surface area (Å²) >= 11 is 0. The lowest BCUT2D eigenvalue weighted by Crippen LogP contribution is -2.43. The third-order valence-corrected chi connectivity index (χ3v) is 8.07. The van der Waals surface area contributed by atoms with Crippen LogP contribution in [0.25, 0.3) is 0 Å². The molecule has 10 heteroatoms. The summed E-state index contributed by atoms with van der Waals surface area (Å²) in [5.74, 6) is -0.525. The van der Waals surface area contributed by atoms with Crippen molar-refractivity contribution in [1.29, 1.82) is 0 Å². The number of hydrogen-bond acceptors (Lipinski definition) is 4. The second kappa shape index (κ2) is 8.05. The first-order chi connectivity index (χ1) is 14.6. The molecule has 1 aromatic carbocycles. The number of carbonyl (C=O) groups excluding carboxylic acids is 1. The maximum Gasteiger partial charge on any atom is 0.416 e. The highest BCUT2D eigenvalue weighted by molar-refractivity contribution is 7.89. The first-order valence-electron chi connectivity index (χ1n) is 10.3. The maximum atomic E-state index is 13.3. The summed E-state index contributed by atoms with van der Waals surface area (Å²) in [6, 6.07) is 5.62. The third kappa shape index (κ3) is 4.15. The van der Waals surface area contributed by atoms with Gasteiger partial charge in [0.05, 0.1) is 17.9 Å². The van der Waals surface area contributed by atoms with Crippen LogP contribution in [0.2, 0.25) is 0 Å². The van der Waals surface area contributed by atoms with E-state index < -0.39 is 21.8 Å². The zero-order valence-electron chi connectivity index (χ0n) is 17.2. The predicted molar refractivity (Wildman–Crippen MR) is 110 cm³/mol. The summed E-state index contributed by atoms with van der Waals surface area (Å²) in [7, 11) is -3.35. The molecule has 0 aliphatic carbocycles. The van der Waals surface area contributed by atoms with Crippen LogP contribution < -0.4 is 0 Å². The Kier molecular flexibility index (Phi) is 5.72. The van der Waals surface area contributed by atoms with Gasteiger partial charge in [-0.15, -0.1) is 0 Å². The summed E-state index contributed by atoms with van der Waals surface area (Å²) in [4.78, 5) is 19.0. The fourth-order valence-corrected chi connectivity index (χ4v) is 5.58. The number of hydrogen-bond donors (Lipinski definition) is 0. The zero-order valence-corrected chi connectivity index (χ0v) is 18.0. The third-order valence-electron chi connectivity index (χ3n) is 6.29. The average Bonchev–Trinajstić information content (AvgIpc) is 3.34. The average molecular weight is 456 g/mol. The van der Waals surface area contributed by atoms with Gasteiger partial charge in [0.2, 0.25) is 10.0 Å². The van der Waals surface area contributed by atoms with Gasteiger partial charge in [-0.3, -0.25) is 9.79 Å². The summed E-state index contributed by atoms with van der Waals surface area (Å²) in [6.07, 6.45) is -3.53. The van der Waals surface area contributed by atoms with Crippen molar-refractivity contribution in [2.75, 3.05) is 38.5 Å². The molecule has 0 bridgehead atoms. The van der Waals surface area contributed by atoms with E-state index in [1.807, 2.05) is 0 Å². The van der Waals surface area contributed by atoms with E-state index in [-0.39, 0.29) is 36.2 Å². The van der Waals surface area contributed by atoms with E-state index in [1.54, 1.807) is 17.9 Å². The van der Waals surface area contributed by atoms with Gasteiger partial charge in [0.1, 0.15) is 5.71 Å². The van der Waals surface area contributed by atoms with Crippen LogP contribution in [0.3, 0.4) is 0 Å². The molecular weight excluding hydrogens is 431 g/mol. The Balaban J connectivity index is 1.42. The van der Waals surface area contributed by atoms with Gasteiger partial charge in [-0.1, -0.05) is 18.2 Å². The molecule has 0 N–H and O–H groups in total. The minimum Gasteiger partial charge on any atom is -0.337 e. The molecule has 6 nitrogen and oxygen atoms in total. The molecule has 0 unspecified atom stereocenters. The van der Waals surface area contributed by atoms with E-state index in [0.717, 1.165) is 11.6 Å². The van der Waals surface area contributed by atoms with Gasteiger partial charge in [-0.05, 0) is 42.9 Å². The number of benzene rings is 1. The summed E-state index contributed by atoms with van der Waals surface area (Å²) < 4.78 is 65.7. The van der Waals surface area contributed by atoms with Crippen LogP contribution >= 0.6 is 0 Å². The monoisotopic (exact) mass is 455 g/mol. The molecule has 4 rings (SSSR count). The summed E-state index contributed by atoms with van der Waals surface area (Å²) in [5, 5.41) is 0. The maximum absolute atomic E-state index is 13.3. The Labute approximate surface area is 179 Å². The van der Waals surface area contributed by atoms with Gasteiger partial charge >= 0.3 is 6.18 Å². The van der Waals surface area contributed by atoms with Crippen LogP contribution in [-0.2, 0) is 21.0 Å². The Bertz CT molecular complexity index is 1060. The van der Waals surface area contributed by atoms with E-state index in [1.165, 1.54) is 16.4 Å². The second-order valence-electron chi connectivity index (χ2n) is 8.07. The lowest BCUT2D eigenvalue weighted by Gasteiger charge is -2.33. The van der Waals surface area contributed by atoms with Crippen LogP contribution in [0.4, 0.5) is 13.2 Å². The number of rotatable bonds is 4. The number of nitrogens with zero attached hydrogens (tertiary/aromatic N) is 3. The normalized spacial score (nSPS) is 20.9. The molecule has 0 atom stereocenters. The standard InChI is InChI=1S/C21H24F3N3O3S/c1-2-31(29,30)27-12-15-11-25-19(17(15)13-27)20(28)26-9-7-14(8-10-26)16-5-3-4-6-18(16)21(22,23)24/h3-6,14H,2,7-13H2,1H3. The molecule has 1 amide bonds. The van der Waals surface area contributed by atoms with E-state index >= 15 is 0 Å². The molecule has 1 fully saturated rings. The Hall–Kier alpha value is -2.20. The lowest BCUT2D eigenvalue weighted by molar-refractivity contribution is -0.138. The highest BCUT2D eigenvalue weighted by atomic mass is 32.2. The zero-order chi connectivity index (χ0) is 22.4. The van der Waals surface area contributed by atoms with Crippen LogP contribution in [-0.4, -0.2) is 67.7 Å². The molecule has 168 valence electrons. The van der Waals surface area contributed by atoms with Crippen molar-refractivity contribution >= 4 is 21.6 Å². The van der Waals surface area contributed by atoms with Crippen molar-refractivity contribution in [3.8, 4) is 0 Å². The number of piperidine rings is 1. The highest BCUT2D eigenvalue weighted by Crippen LogP contribution is 2.39. The Morgan fingerprint density at radius 1 is 1.16 bits per heavy atom. The van der Waals surface area contributed by atoms with Crippen molar-refractivity contribution in [2.45, 2.75) is 31.9 Å². The number of amides is 1. The van der Waals surface area contributed by atoms with Crippen molar-refractivity contribution in [3.63, 3.8) is 0 Å². The highest BCUT2D eigenvalue weighted by Gasteiger charge is 2.39. The molecule has 3 aliphatic rings. The van der Waals surface area contributed by atoms with E-state index in [4.69, 9.17) is 0 Å². The number of alkyl halides is 3. The van der Waals surface area contributed by atoms with Crippen LogP contribution in [0.5, 0.6) is 0 Å².